The summed E-state index contributed by atoms with van der Waals surface area (Å²) in [6.45, 7) is 7.78. The first-order valence-corrected chi connectivity index (χ1v) is 6.93. The molecule has 0 bridgehead atoms. The highest BCUT2D eigenvalue weighted by molar-refractivity contribution is 6.11. The van der Waals surface area contributed by atoms with E-state index in [9.17, 15) is 9.59 Å². The number of amides is 2. The predicted molar refractivity (Wildman–Crippen MR) is 79.1 cm³/mol. The standard InChI is InChI=1S/C16H20N2O2/c1-9(2)13-8-15(19)18-14-7-11(5-6-12(13)14)17-16(20)10(3)4/h5-10,12H,1-4H3,(H,18,19). The Kier molecular flexibility index (Phi) is 4.02. The fourth-order valence-electron chi connectivity index (χ4n) is 2.27. The van der Waals surface area contributed by atoms with Gasteiger partial charge in [0.25, 0.3) is 0 Å². The van der Waals surface area contributed by atoms with Gasteiger partial charge in [0.05, 0.1) is 5.71 Å². The fraction of sp³-hybridized carbons (Fsp3) is 0.438. The van der Waals surface area contributed by atoms with Crippen LogP contribution >= 0.6 is 0 Å². The maximum absolute atomic E-state index is 11.7. The molecule has 4 nitrogen and oxygen atoms in total. The molecule has 0 aromatic rings. The molecule has 0 aromatic heterocycles. The van der Waals surface area contributed by atoms with E-state index in [1.165, 1.54) is 0 Å². The first kappa shape index (κ1) is 14.4. The summed E-state index contributed by atoms with van der Waals surface area (Å²) in [6, 6.07) is 0. The van der Waals surface area contributed by atoms with E-state index in [2.05, 4.69) is 24.2 Å². The molecule has 20 heavy (non-hydrogen) atoms. The van der Waals surface area contributed by atoms with Gasteiger partial charge in [-0.1, -0.05) is 33.8 Å². The highest BCUT2D eigenvalue weighted by Crippen LogP contribution is 2.31. The molecule has 2 rings (SSSR count). The third kappa shape index (κ3) is 2.95. The largest absolute Gasteiger partial charge is 0.325 e. The third-order valence-electron chi connectivity index (χ3n) is 3.42. The Balaban J connectivity index is 2.31. The molecule has 0 radical (unpaired) electrons. The molecule has 0 spiro atoms. The average molecular weight is 272 g/mol. The Morgan fingerprint density at radius 2 is 1.95 bits per heavy atom. The van der Waals surface area contributed by atoms with E-state index in [1.807, 2.05) is 26.0 Å². The first-order valence-electron chi connectivity index (χ1n) is 6.93. The lowest BCUT2D eigenvalue weighted by Gasteiger charge is -2.29. The molecule has 1 unspecified atom stereocenters. The second kappa shape index (κ2) is 5.57. The molecule has 2 amide bonds. The lowest BCUT2D eigenvalue weighted by molar-refractivity contribution is -0.120. The zero-order valence-electron chi connectivity index (χ0n) is 12.3. The minimum Gasteiger partial charge on any atom is -0.325 e. The molecular weight excluding hydrogens is 252 g/mol. The zero-order valence-corrected chi connectivity index (χ0v) is 12.3. The minimum absolute atomic E-state index is 0.0841. The van der Waals surface area contributed by atoms with E-state index in [-0.39, 0.29) is 23.7 Å². The third-order valence-corrected chi connectivity index (χ3v) is 3.42. The topological polar surface area (TPSA) is 58.5 Å². The van der Waals surface area contributed by atoms with E-state index in [0.717, 1.165) is 11.3 Å². The lowest BCUT2D eigenvalue weighted by atomic mass is 9.82. The van der Waals surface area contributed by atoms with Crippen molar-refractivity contribution in [3.05, 3.63) is 35.6 Å². The molecule has 1 aliphatic heterocycles. The Labute approximate surface area is 119 Å². The van der Waals surface area contributed by atoms with Crippen molar-refractivity contribution in [1.29, 1.82) is 0 Å². The summed E-state index contributed by atoms with van der Waals surface area (Å²) < 4.78 is 0. The number of hydrogen-bond donors (Lipinski definition) is 1. The molecule has 1 aliphatic carbocycles. The van der Waals surface area contributed by atoms with Crippen LogP contribution in [0.4, 0.5) is 0 Å². The number of aliphatic imine (C=N–C) groups is 1. The van der Waals surface area contributed by atoms with Crippen molar-refractivity contribution in [3.63, 3.8) is 0 Å². The first-order chi connectivity index (χ1) is 9.38. The molecule has 1 N–H and O–H groups in total. The second-order valence-electron chi connectivity index (χ2n) is 5.75. The van der Waals surface area contributed by atoms with E-state index in [4.69, 9.17) is 0 Å². The molecule has 1 heterocycles. The van der Waals surface area contributed by atoms with Gasteiger partial charge in [-0.15, -0.1) is 0 Å². The lowest BCUT2D eigenvalue weighted by Crippen LogP contribution is -2.34. The van der Waals surface area contributed by atoms with Gasteiger partial charge in [-0.25, -0.2) is 4.99 Å². The maximum Gasteiger partial charge on any atom is 0.248 e. The molecule has 0 saturated carbocycles. The van der Waals surface area contributed by atoms with Crippen LogP contribution in [0.5, 0.6) is 0 Å². The quantitative estimate of drug-likeness (QED) is 0.839. The number of fused-ring (bicyclic) bond motifs is 1. The number of carbonyl (C=O) groups is 2. The van der Waals surface area contributed by atoms with E-state index >= 15 is 0 Å². The molecule has 1 atom stereocenters. The predicted octanol–water partition coefficient (Wildman–Crippen LogP) is 2.39. The molecule has 106 valence electrons. The van der Waals surface area contributed by atoms with Gasteiger partial charge in [-0.2, -0.15) is 0 Å². The fourth-order valence-corrected chi connectivity index (χ4v) is 2.27. The molecule has 0 aromatic carbocycles. The van der Waals surface area contributed by atoms with Gasteiger partial charge in [0.1, 0.15) is 0 Å². The summed E-state index contributed by atoms with van der Waals surface area (Å²) in [6.07, 6.45) is 7.30. The average Bonchev–Trinajstić information content (AvgIpc) is 2.36. The monoisotopic (exact) mass is 272 g/mol. The Morgan fingerprint density at radius 3 is 2.55 bits per heavy atom. The van der Waals surface area contributed by atoms with Crippen molar-refractivity contribution in [2.75, 3.05) is 0 Å². The van der Waals surface area contributed by atoms with Gasteiger partial charge in [-0.3, -0.25) is 9.59 Å². The summed E-state index contributed by atoms with van der Waals surface area (Å²) in [4.78, 5) is 27.4. The number of nitrogens with zero attached hydrogens (tertiary/aromatic N) is 1. The highest BCUT2D eigenvalue weighted by atomic mass is 16.2. The van der Waals surface area contributed by atoms with Gasteiger partial charge in [0, 0.05) is 23.6 Å². The number of hydrogen-bond acceptors (Lipinski definition) is 2. The Morgan fingerprint density at radius 1 is 1.25 bits per heavy atom. The van der Waals surface area contributed by atoms with Crippen LogP contribution in [0, 0.1) is 17.8 Å². The smallest absolute Gasteiger partial charge is 0.248 e. The number of allylic oxidation sites excluding steroid dienone is 3. The van der Waals surface area contributed by atoms with Crippen molar-refractivity contribution in [2.45, 2.75) is 27.7 Å². The zero-order chi connectivity index (χ0) is 14.9. The van der Waals surface area contributed by atoms with Gasteiger partial charge in [0.2, 0.25) is 11.8 Å². The van der Waals surface area contributed by atoms with Crippen molar-refractivity contribution in [2.24, 2.45) is 22.7 Å². The molecule has 4 heteroatoms. The summed E-state index contributed by atoms with van der Waals surface area (Å²) in [5.74, 6) is -0.00229. The van der Waals surface area contributed by atoms with Crippen LogP contribution in [0.1, 0.15) is 27.7 Å². The van der Waals surface area contributed by atoms with Crippen LogP contribution in [0.2, 0.25) is 0 Å². The molecule has 0 fully saturated rings. The van der Waals surface area contributed by atoms with Crippen molar-refractivity contribution in [1.82, 2.24) is 5.32 Å². The highest BCUT2D eigenvalue weighted by Gasteiger charge is 2.27. The summed E-state index contributed by atoms with van der Waals surface area (Å²) in [5.41, 5.74) is 2.49. The van der Waals surface area contributed by atoms with Crippen molar-refractivity contribution < 1.29 is 9.59 Å². The van der Waals surface area contributed by atoms with Crippen LogP contribution in [-0.2, 0) is 9.59 Å². The Hall–Kier alpha value is -1.97. The van der Waals surface area contributed by atoms with E-state index in [0.29, 0.717) is 11.6 Å². The van der Waals surface area contributed by atoms with Crippen molar-refractivity contribution >= 4 is 17.5 Å². The molecule has 2 aliphatic rings. The van der Waals surface area contributed by atoms with E-state index < -0.39 is 0 Å². The van der Waals surface area contributed by atoms with Crippen molar-refractivity contribution in [3.8, 4) is 0 Å². The molecule has 0 saturated heterocycles. The minimum atomic E-state index is -0.151. The summed E-state index contributed by atoms with van der Waals surface area (Å²) in [7, 11) is 0. The van der Waals surface area contributed by atoms with E-state index in [1.54, 1.807) is 12.2 Å². The summed E-state index contributed by atoms with van der Waals surface area (Å²) in [5, 5.41) is 2.84. The SMILES string of the molecule is CC(C)C(=O)N=C1C=CC2C(=C1)NC(=O)C=C2C(C)C. The number of rotatable bonds is 2. The van der Waals surface area contributed by atoms with Gasteiger partial charge < -0.3 is 5.32 Å². The van der Waals surface area contributed by atoms with Crippen LogP contribution in [0.3, 0.4) is 0 Å². The van der Waals surface area contributed by atoms with Crippen LogP contribution in [0.15, 0.2) is 40.6 Å². The van der Waals surface area contributed by atoms with Gasteiger partial charge in [-0.05, 0) is 23.6 Å². The van der Waals surface area contributed by atoms with Crippen LogP contribution in [-0.4, -0.2) is 17.5 Å². The van der Waals surface area contributed by atoms with Crippen LogP contribution in [0.25, 0.3) is 0 Å². The number of nitrogens with one attached hydrogen (secondary N) is 1. The van der Waals surface area contributed by atoms with Gasteiger partial charge in [0.15, 0.2) is 0 Å². The van der Waals surface area contributed by atoms with Crippen LogP contribution < -0.4 is 5.32 Å². The Bertz CT molecular complexity index is 563. The normalized spacial score (nSPS) is 23.6. The molecular formula is C16H20N2O2. The maximum atomic E-state index is 11.7. The summed E-state index contributed by atoms with van der Waals surface area (Å²) >= 11 is 0. The second-order valence-corrected chi connectivity index (χ2v) is 5.75. The number of carbonyl (C=O) groups excluding carboxylic acids is 2. The van der Waals surface area contributed by atoms with Gasteiger partial charge >= 0.3 is 0 Å².